The highest BCUT2D eigenvalue weighted by atomic mass is 32.1. The van der Waals surface area contributed by atoms with E-state index in [1.165, 1.54) is 11.3 Å². The third kappa shape index (κ3) is 5.53. The maximum absolute atomic E-state index is 12.9. The van der Waals surface area contributed by atoms with E-state index in [9.17, 15) is 14.4 Å². The smallest absolute Gasteiger partial charge is 0.321 e. The molecule has 0 spiro atoms. The van der Waals surface area contributed by atoms with E-state index in [0.29, 0.717) is 29.3 Å². The number of thiophene rings is 1. The van der Waals surface area contributed by atoms with Gasteiger partial charge in [0.05, 0.1) is 10.8 Å². The summed E-state index contributed by atoms with van der Waals surface area (Å²) >= 11 is 1.37. The fraction of sp³-hybridized carbons (Fsp3) is 0.208. The van der Waals surface area contributed by atoms with Gasteiger partial charge in [-0.2, -0.15) is 0 Å². The summed E-state index contributed by atoms with van der Waals surface area (Å²) in [7, 11) is 0. The molecule has 1 saturated heterocycles. The topological polar surface area (TPSA) is 90.5 Å². The van der Waals surface area contributed by atoms with Gasteiger partial charge in [-0.25, -0.2) is 4.79 Å². The van der Waals surface area contributed by atoms with E-state index < -0.39 is 0 Å². The van der Waals surface area contributed by atoms with Crippen LogP contribution in [0.3, 0.4) is 0 Å². The Morgan fingerprint density at radius 3 is 2.34 bits per heavy atom. The Kier molecular flexibility index (Phi) is 6.81. The van der Waals surface area contributed by atoms with Crippen LogP contribution in [0.5, 0.6) is 0 Å². The lowest BCUT2D eigenvalue weighted by atomic mass is 9.97. The quantitative estimate of drug-likeness (QED) is 0.519. The number of piperidine rings is 1. The molecule has 0 saturated carbocycles. The molecule has 0 unspecified atom stereocenters. The third-order valence-corrected chi connectivity index (χ3v) is 6.11. The van der Waals surface area contributed by atoms with E-state index in [0.717, 1.165) is 18.5 Å². The number of para-hydroxylation sites is 1. The molecule has 3 aromatic rings. The van der Waals surface area contributed by atoms with Crippen molar-refractivity contribution in [1.82, 2.24) is 4.90 Å². The molecular formula is C24H24N4O3S. The Morgan fingerprint density at radius 2 is 1.59 bits per heavy atom. The molecule has 4 rings (SSSR count). The standard InChI is InChI=1S/C24H24N4O3S/c29-22(17-7-5-13-28(16-17)24(31)27-18-8-2-1-3-9-18)25-19-10-4-11-20(15-19)26-23(30)21-12-6-14-32-21/h1-4,6,8-12,14-15,17H,5,7,13,16H2,(H,25,29)(H,26,30)(H,27,31)/t17-/m0/s1. The highest BCUT2D eigenvalue weighted by Gasteiger charge is 2.28. The number of carbonyl (C=O) groups excluding carboxylic acids is 3. The summed E-state index contributed by atoms with van der Waals surface area (Å²) in [5, 5.41) is 10.5. The number of hydrogen-bond donors (Lipinski definition) is 3. The number of benzene rings is 2. The molecule has 1 aromatic heterocycles. The lowest BCUT2D eigenvalue weighted by molar-refractivity contribution is -0.121. The van der Waals surface area contributed by atoms with Crippen LogP contribution in [0.15, 0.2) is 72.1 Å². The summed E-state index contributed by atoms with van der Waals surface area (Å²) in [4.78, 5) is 40.0. The summed E-state index contributed by atoms with van der Waals surface area (Å²) in [6.45, 7) is 0.978. The second-order valence-corrected chi connectivity index (χ2v) is 8.53. The number of anilines is 3. The van der Waals surface area contributed by atoms with Gasteiger partial charge in [0.25, 0.3) is 5.91 Å². The van der Waals surface area contributed by atoms with Gasteiger partial charge in [0.1, 0.15) is 0 Å². The van der Waals surface area contributed by atoms with Crippen LogP contribution < -0.4 is 16.0 Å². The van der Waals surface area contributed by atoms with Crippen molar-refractivity contribution < 1.29 is 14.4 Å². The molecule has 3 N–H and O–H groups in total. The number of urea groups is 1. The van der Waals surface area contributed by atoms with Crippen molar-refractivity contribution in [3.63, 3.8) is 0 Å². The molecule has 32 heavy (non-hydrogen) atoms. The molecule has 1 aliphatic rings. The first kappa shape index (κ1) is 21.6. The van der Waals surface area contributed by atoms with Gasteiger partial charge in [0.15, 0.2) is 0 Å². The molecule has 2 aromatic carbocycles. The molecule has 4 amide bonds. The van der Waals surface area contributed by atoms with E-state index >= 15 is 0 Å². The normalized spacial score (nSPS) is 15.6. The summed E-state index contributed by atoms with van der Waals surface area (Å²) in [5.41, 5.74) is 1.93. The predicted octanol–water partition coefficient (Wildman–Crippen LogP) is 4.88. The van der Waals surface area contributed by atoms with E-state index in [-0.39, 0.29) is 23.8 Å². The molecular weight excluding hydrogens is 424 g/mol. The number of nitrogens with zero attached hydrogens (tertiary/aromatic N) is 1. The van der Waals surface area contributed by atoms with Gasteiger partial charge in [-0.1, -0.05) is 30.3 Å². The molecule has 2 heterocycles. The lowest BCUT2D eigenvalue weighted by Crippen LogP contribution is -2.45. The lowest BCUT2D eigenvalue weighted by Gasteiger charge is -2.32. The second-order valence-electron chi connectivity index (χ2n) is 7.58. The first-order valence-electron chi connectivity index (χ1n) is 10.5. The van der Waals surface area contributed by atoms with Gasteiger partial charge < -0.3 is 20.9 Å². The Morgan fingerprint density at radius 1 is 0.844 bits per heavy atom. The molecule has 0 radical (unpaired) electrons. The zero-order valence-electron chi connectivity index (χ0n) is 17.4. The zero-order valence-corrected chi connectivity index (χ0v) is 18.2. The summed E-state index contributed by atoms with van der Waals surface area (Å²) in [5.74, 6) is -0.616. The molecule has 7 nitrogen and oxygen atoms in total. The Balaban J connectivity index is 1.34. The van der Waals surface area contributed by atoms with Crippen molar-refractivity contribution >= 4 is 46.2 Å². The van der Waals surface area contributed by atoms with Crippen molar-refractivity contribution in [1.29, 1.82) is 0 Å². The Bertz CT molecular complexity index is 1090. The van der Waals surface area contributed by atoms with E-state index in [1.807, 2.05) is 41.8 Å². The number of likely N-dealkylation sites (tertiary alicyclic amines) is 1. The van der Waals surface area contributed by atoms with Crippen molar-refractivity contribution in [2.45, 2.75) is 12.8 Å². The highest BCUT2D eigenvalue weighted by molar-refractivity contribution is 7.12. The van der Waals surface area contributed by atoms with Gasteiger partial charge >= 0.3 is 6.03 Å². The van der Waals surface area contributed by atoms with E-state index in [1.54, 1.807) is 35.2 Å². The molecule has 8 heteroatoms. The van der Waals surface area contributed by atoms with Crippen LogP contribution in [0, 0.1) is 5.92 Å². The van der Waals surface area contributed by atoms with Crippen molar-refractivity contribution in [3.05, 3.63) is 77.0 Å². The zero-order chi connectivity index (χ0) is 22.3. The van der Waals surface area contributed by atoms with Crippen molar-refractivity contribution in [3.8, 4) is 0 Å². The van der Waals surface area contributed by atoms with Crippen molar-refractivity contribution in [2.75, 3.05) is 29.0 Å². The first-order chi connectivity index (χ1) is 15.6. The maximum atomic E-state index is 12.9. The monoisotopic (exact) mass is 448 g/mol. The molecule has 164 valence electrons. The van der Waals surface area contributed by atoms with Crippen LogP contribution in [-0.2, 0) is 4.79 Å². The highest BCUT2D eigenvalue weighted by Crippen LogP contribution is 2.22. The minimum Gasteiger partial charge on any atom is -0.326 e. The largest absolute Gasteiger partial charge is 0.326 e. The minimum absolute atomic E-state index is 0.135. The van der Waals surface area contributed by atoms with Gasteiger partial charge in [-0.05, 0) is 54.6 Å². The number of amides is 4. The fourth-order valence-corrected chi connectivity index (χ4v) is 4.24. The fourth-order valence-electron chi connectivity index (χ4n) is 3.62. The number of hydrogen-bond acceptors (Lipinski definition) is 4. The summed E-state index contributed by atoms with van der Waals surface area (Å²) in [6, 6.07) is 19.7. The molecule has 1 fully saturated rings. The van der Waals surface area contributed by atoms with Crippen LogP contribution in [0.25, 0.3) is 0 Å². The van der Waals surface area contributed by atoms with E-state index in [2.05, 4.69) is 16.0 Å². The van der Waals surface area contributed by atoms with Gasteiger partial charge in [-0.3, -0.25) is 9.59 Å². The Hall–Kier alpha value is -3.65. The number of carbonyl (C=O) groups is 3. The SMILES string of the molecule is O=C(Nc1cccc(NC(=O)[C@H]2CCCN(C(=O)Nc3ccccc3)C2)c1)c1cccs1. The van der Waals surface area contributed by atoms with Crippen LogP contribution in [0.4, 0.5) is 21.9 Å². The minimum atomic E-state index is -0.297. The first-order valence-corrected chi connectivity index (χ1v) is 11.3. The average Bonchev–Trinajstić information content (AvgIpc) is 3.35. The average molecular weight is 449 g/mol. The van der Waals surface area contributed by atoms with Gasteiger partial charge in [-0.15, -0.1) is 11.3 Å². The second kappa shape index (κ2) is 10.1. The number of nitrogens with one attached hydrogen (secondary N) is 3. The van der Waals surface area contributed by atoms with Crippen LogP contribution in [0.1, 0.15) is 22.5 Å². The van der Waals surface area contributed by atoms with Gasteiger partial charge in [0.2, 0.25) is 5.91 Å². The van der Waals surface area contributed by atoms with Crippen LogP contribution in [0.2, 0.25) is 0 Å². The van der Waals surface area contributed by atoms with Crippen LogP contribution >= 0.6 is 11.3 Å². The summed E-state index contributed by atoms with van der Waals surface area (Å²) in [6.07, 6.45) is 1.48. The molecule has 1 aliphatic heterocycles. The summed E-state index contributed by atoms with van der Waals surface area (Å²) < 4.78 is 0. The third-order valence-electron chi connectivity index (χ3n) is 5.24. The molecule has 1 atom stereocenters. The van der Waals surface area contributed by atoms with Crippen LogP contribution in [-0.4, -0.2) is 35.8 Å². The Labute approximate surface area is 190 Å². The predicted molar refractivity (Wildman–Crippen MR) is 127 cm³/mol. The maximum Gasteiger partial charge on any atom is 0.321 e. The molecule has 0 bridgehead atoms. The van der Waals surface area contributed by atoms with Crippen molar-refractivity contribution in [2.24, 2.45) is 5.92 Å². The van der Waals surface area contributed by atoms with E-state index in [4.69, 9.17) is 0 Å². The van der Waals surface area contributed by atoms with Gasteiger partial charge in [0, 0.05) is 30.2 Å². The molecule has 0 aliphatic carbocycles. The number of rotatable bonds is 5.